The maximum Gasteiger partial charge on any atom is 0.335 e. The molecule has 0 spiro atoms. The van der Waals surface area contributed by atoms with Crippen LogP contribution in [-0.2, 0) is 10.0 Å². The van der Waals surface area contributed by atoms with Crippen molar-refractivity contribution in [3.05, 3.63) is 45.3 Å². The molecule has 2 aromatic rings. The number of hydrogen-bond acceptors (Lipinski definition) is 5. The molecule has 6 nitrogen and oxygen atoms in total. The van der Waals surface area contributed by atoms with Crippen LogP contribution in [0.4, 0.5) is 0 Å². The second kappa shape index (κ2) is 6.15. The van der Waals surface area contributed by atoms with Crippen LogP contribution in [0.1, 0.15) is 38.6 Å². The molecule has 0 aliphatic rings. The Labute approximate surface area is 132 Å². The van der Waals surface area contributed by atoms with Gasteiger partial charge in [-0.25, -0.2) is 22.9 Å². The number of sulfonamides is 1. The SMILES string of the molecule is Cc1cc(C(C)NS(=O)(=O)c2cc(C(=O)O)ccn2)c(C)s1. The van der Waals surface area contributed by atoms with Gasteiger partial charge in [0, 0.05) is 22.0 Å². The van der Waals surface area contributed by atoms with E-state index < -0.39 is 22.0 Å². The standard InChI is InChI=1S/C14H16N2O4S2/c1-8-6-12(10(3)21-8)9(2)16-22(19,20)13-7-11(14(17)18)4-5-15-13/h4-7,9,16H,1-3H3,(H,17,18). The van der Waals surface area contributed by atoms with Crippen molar-refractivity contribution < 1.29 is 18.3 Å². The summed E-state index contributed by atoms with van der Waals surface area (Å²) in [5.74, 6) is -1.20. The molecule has 1 atom stereocenters. The lowest BCUT2D eigenvalue weighted by atomic mass is 10.1. The molecule has 0 fully saturated rings. The lowest BCUT2D eigenvalue weighted by Crippen LogP contribution is -2.28. The average Bonchev–Trinajstić information content (AvgIpc) is 2.77. The molecule has 2 rings (SSSR count). The van der Waals surface area contributed by atoms with E-state index in [1.54, 1.807) is 18.3 Å². The van der Waals surface area contributed by atoms with Gasteiger partial charge < -0.3 is 5.11 Å². The lowest BCUT2D eigenvalue weighted by Gasteiger charge is -2.14. The highest BCUT2D eigenvalue weighted by Gasteiger charge is 2.22. The Balaban J connectivity index is 2.29. The first-order valence-corrected chi connectivity index (χ1v) is 8.79. The molecule has 118 valence electrons. The number of thiophene rings is 1. The van der Waals surface area contributed by atoms with Gasteiger partial charge in [0.2, 0.25) is 0 Å². The maximum absolute atomic E-state index is 12.3. The van der Waals surface area contributed by atoms with E-state index in [-0.39, 0.29) is 10.6 Å². The van der Waals surface area contributed by atoms with Crippen LogP contribution in [0, 0.1) is 13.8 Å². The normalized spacial score (nSPS) is 13.0. The Morgan fingerprint density at radius 2 is 2.05 bits per heavy atom. The molecular formula is C14H16N2O4S2. The van der Waals surface area contributed by atoms with Crippen LogP contribution in [-0.4, -0.2) is 24.5 Å². The third kappa shape index (κ3) is 3.52. The van der Waals surface area contributed by atoms with E-state index in [0.29, 0.717) is 0 Å². The zero-order chi connectivity index (χ0) is 16.5. The van der Waals surface area contributed by atoms with Crippen LogP contribution in [0.15, 0.2) is 29.4 Å². The fraction of sp³-hybridized carbons (Fsp3) is 0.286. The molecule has 2 heterocycles. The van der Waals surface area contributed by atoms with Gasteiger partial charge in [0.15, 0.2) is 5.03 Å². The Morgan fingerprint density at radius 1 is 1.36 bits per heavy atom. The summed E-state index contributed by atoms with van der Waals surface area (Å²) in [6, 6.07) is 3.81. The van der Waals surface area contributed by atoms with Gasteiger partial charge in [-0.15, -0.1) is 11.3 Å². The highest BCUT2D eigenvalue weighted by atomic mass is 32.2. The summed E-state index contributed by atoms with van der Waals surface area (Å²) in [6.45, 7) is 5.63. The number of carboxylic acid groups (broad SMARTS) is 1. The van der Waals surface area contributed by atoms with E-state index in [2.05, 4.69) is 9.71 Å². The first kappa shape index (κ1) is 16.6. The highest BCUT2D eigenvalue weighted by Crippen LogP contribution is 2.27. The average molecular weight is 340 g/mol. The van der Waals surface area contributed by atoms with Crippen LogP contribution in [0.25, 0.3) is 0 Å². The van der Waals surface area contributed by atoms with Crippen LogP contribution in [0.5, 0.6) is 0 Å². The minimum atomic E-state index is -3.89. The number of carboxylic acids is 1. The Kier molecular flexibility index (Phi) is 4.64. The highest BCUT2D eigenvalue weighted by molar-refractivity contribution is 7.89. The third-order valence-corrected chi connectivity index (χ3v) is 5.55. The minimum Gasteiger partial charge on any atom is -0.478 e. The Bertz CT molecular complexity index is 812. The summed E-state index contributed by atoms with van der Waals surface area (Å²) in [5, 5.41) is 8.63. The first-order chi connectivity index (χ1) is 10.2. The maximum atomic E-state index is 12.3. The number of nitrogens with one attached hydrogen (secondary N) is 1. The molecule has 1 unspecified atom stereocenters. The predicted octanol–water partition coefficient (Wildman–Crippen LogP) is 2.50. The van der Waals surface area contributed by atoms with Crippen LogP contribution in [0.2, 0.25) is 0 Å². The third-order valence-electron chi connectivity index (χ3n) is 3.13. The van der Waals surface area contributed by atoms with E-state index in [1.165, 1.54) is 12.3 Å². The second-order valence-corrected chi connectivity index (χ2v) is 8.02. The molecule has 22 heavy (non-hydrogen) atoms. The van der Waals surface area contributed by atoms with Gasteiger partial charge in [0.05, 0.1) is 5.56 Å². The van der Waals surface area contributed by atoms with Gasteiger partial charge in [-0.3, -0.25) is 0 Å². The van der Waals surface area contributed by atoms with Crippen LogP contribution in [0.3, 0.4) is 0 Å². The molecule has 0 aliphatic heterocycles. The topological polar surface area (TPSA) is 96.4 Å². The van der Waals surface area contributed by atoms with Crippen molar-refractivity contribution in [2.75, 3.05) is 0 Å². The molecule has 0 amide bonds. The molecule has 0 aromatic carbocycles. The van der Waals surface area contributed by atoms with Crippen LogP contribution >= 0.6 is 11.3 Å². The van der Waals surface area contributed by atoms with Gasteiger partial charge in [-0.05, 0) is 44.5 Å². The van der Waals surface area contributed by atoms with E-state index in [4.69, 9.17) is 5.11 Å². The Hall–Kier alpha value is -1.77. The van der Waals surface area contributed by atoms with E-state index in [1.807, 2.05) is 19.9 Å². The van der Waals surface area contributed by atoms with Gasteiger partial charge in [0.25, 0.3) is 10.0 Å². The lowest BCUT2D eigenvalue weighted by molar-refractivity contribution is 0.0696. The zero-order valence-electron chi connectivity index (χ0n) is 12.3. The molecule has 0 radical (unpaired) electrons. The summed E-state index contributed by atoms with van der Waals surface area (Å²) < 4.78 is 27.2. The quantitative estimate of drug-likeness (QED) is 0.872. The van der Waals surface area contributed by atoms with Crippen molar-refractivity contribution in [1.82, 2.24) is 9.71 Å². The van der Waals surface area contributed by atoms with Crippen molar-refractivity contribution in [3.63, 3.8) is 0 Å². The summed E-state index contributed by atoms with van der Waals surface area (Å²) in [5.41, 5.74) is 0.783. The van der Waals surface area contributed by atoms with E-state index in [9.17, 15) is 13.2 Å². The fourth-order valence-corrected chi connectivity index (χ4v) is 4.34. The van der Waals surface area contributed by atoms with Crippen LogP contribution < -0.4 is 4.72 Å². The number of aryl methyl sites for hydroxylation is 2. The van der Waals surface area contributed by atoms with Crippen molar-refractivity contribution >= 4 is 27.3 Å². The monoisotopic (exact) mass is 340 g/mol. The molecule has 0 saturated heterocycles. The second-order valence-electron chi connectivity index (χ2n) is 4.90. The minimum absolute atomic E-state index is 0.120. The summed E-state index contributed by atoms with van der Waals surface area (Å²) in [7, 11) is -3.89. The molecule has 8 heteroatoms. The summed E-state index contributed by atoms with van der Waals surface area (Å²) >= 11 is 1.60. The van der Waals surface area contributed by atoms with E-state index >= 15 is 0 Å². The Morgan fingerprint density at radius 3 is 2.59 bits per heavy atom. The molecule has 2 N–H and O–H groups in total. The van der Waals surface area contributed by atoms with Gasteiger partial charge in [-0.2, -0.15) is 0 Å². The molecular weight excluding hydrogens is 324 g/mol. The van der Waals surface area contributed by atoms with Gasteiger partial charge >= 0.3 is 5.97 Å². The van der Waals surface area contributed by atoms with Crippen molar-refractivity contribution in [2.24, 2.45) is 0 Å². The van der Waals surface area contributed by atoms with Gasteiger partial charge in [0.1, 0.15) is 0 Å². The molecule has 0 bridgehead atoms. The number of hydrogen-bond donors (Lipinski definition) is 2. The number of carbonyl (C=O) groups is 1. The number of aromatic carboxylic acids is 1. The number of aromatic nitrogens is 1. The fourth-order valence-electron chi connectivity index (χ4n) is 2.13. The molecule has 0 saturated carbocycles. The van der Waals surface area contributed by atoms with E-state index in [0.717, 1.165) is 21.4 Å². The van der Waals surface area contributed by atoms with Crippen molar-refractivity contribution in [2.45, 2.75) is 31.8 Å². The number of rotatable bonds is 5. The molecule has 0 aliphatic carbocycles. The summed E-state index contributed by atoms with van der Waals surface area (Å²) in [4.78, 5) is 16.8. The van der Waals surface area contributed by atoms with Crippen molar-refractivity contribution in [1.29, 1.82) is 0 Å². The largest absolute Gasteiger partial charge is 0.478 e. The predicted molar refractivity (Wildman–Crippen MR) is 83.7 cm³/mol. The first-order valence-electron chi connectivity index (χ1n) is 6.49. The smallest absolute Gasteiger partial charge is 0.335 e. The zero-order valence-corrected chi connectivity index (χ0v) is 14.0. The number of pyridine rings is 1. The van der Waals surface area contributed by atoms with Gasteiger partial charge in [-0.1, -0.05) is 0 Å². The van der Waals surface area contributed by atoms with Crippen molar-refractivity contribution in [3.8, 4) is 0 Å². The number of nitrogens with zero attached hydrogens (tertiary/aromatic N) is 1. The summed E-state index contributed by atoms with van der Waals surface area (Å²) in [6.07, 6.45) is 1.17. The molecule has 2 aromatic heterocycles.